The molecule has 0 bridgehead atoms. The molecule has 0 aliphatic heterocycles. The normalized spacial score (nSPS) is 23.3. The molecule has 3 rings (SSSR count). The molecule has 1 aliphatic carbocycles. The minimum Gasteiger partial charge on any atom is -0.464 e. The van der Waals surface area contributed by atoms with Gasteiger partial charge in [0.05, 0.1) is 6.54 Å². The average Bonchev–Trinajstić information content (AvgIpc) is 3.00. The van der Waals surface area contributed by atoms with Gasteiger partial charge in [-0.3, -0.25) is 0 Å². The van der Waals surface area contributed by atoms with E-state index < -0.39 is 0 Å². The number of rotatable bonds is 5. The Kier molecular flexibility index (Phi) is 3.43. The van der Waals surface area contributed by atoms with Crippen LogP contribution in [0.25, 0.3) is 0 Å². The highest BCUT2D eigenvalue weighted by atomic mass is 16.3. The van der Waals surface area contributed by atoms with Crippen LogP contribution in [0.15, 0.2) is 46.9 Å². The standard InChI is InChI=1S/C17H21NO/c1-12-10-16(12)17-9-8-15(19-17)11-18-13(2)14-6-4-3-5-7-14/h3-9,12-13,16,18H,10-11H2,1-2H3. The number of nitrogens with one attached hydrogen (secondary N) is 1. The average molecular weight is 255 g/mol. The van der Waals surface area contributed by atoms with Crippen molar-refractivity contribution in [1.29, 1.82) is 0 Å². The molecule has 0 amide bonds. The molecular weight excluding hydrogens is 234 g/mol. The molecule has 2 nitrogen and oxygen atoms in total. The van der Waals surface area contributed by atoms with E-state index in [-0.39, 0.29) is 0 Å². The van der Waals surface area contributed by atoms with Crippen LogP contribution in [0.3, 0.4) is 0 Å². The van der Waals surface area contributed by atoms with E-state index in [0.29, 0.717) is 12.0 Å². The number of benzene rings is 1. The summed E-state index contributed by atoms with van der Waals surface area (Å²) >= 11 is 0. The fraction of sp³-hybridized carbons (Fsp3) is 0.412. The molecule has 1 saturated carbocycles. The fourth-order valence-corrected chi connectivity index (χ4v) is 2.52. The van der Waals surface area contributed by atoms with Crippen molar-refractivity contribution < 1.29 is 4.42 Å². The summed E-state index contributed by atoms with van der Waals surface area (Å²) in [5.74, 6) is 3.67. The number of hydrogen-bond donors (Lipinski definition) is 1. The summed E-state index contributed by atoms with van der Waals surface area (Å²) in [5, 5.41) is 3.51. The second-order valence-corrected chi connectivity index (χ2v) is 5.64. The van der Waals surface area contributed by atoms with Crippen LogP contribution in [0.1, 0.15) is 49.3 Å². The Morgan fingerprint density at radius 2 is 1.95 bits per heavy atom. The molecule has 1 fully saturated rings. The molecule has 1 aliphatic rings. The predicted molar refractivity (Wildman–Crippen MR) is 76.9 cm³/mol. The Morgan fingerprint density at radius 3 is 2.63 bits per heavy atom. The van der Waals surface area contributed by atoms with Crippen molar-refractivity contribution in [3.63, 3.8) is 0 Å². The molecule has 0 radical (unpaired) electrons. The van der Waals surface area contributed by atoms with E-state index >= 15 is 0 Å². The van der Waals surface area contributed by atoms with Gasteiger partial charge in [-0.15, -0.1) is 0 Å². The van der Waals surface area contributed by atoms with Gasteiger partial charge in [-0.05, 0) is 37.0 Å². The molecule has 2 aromatic rings. The zero-order valence-electron chi connectivity index (χ0n) is 11.6. The molecule has 0 spiro atoms. The van der Waals surface area contributed by atoms with Gasteiger partial charge in [-0.1, -0.05) is 37.3 Å². The van der Waals surface area contributed by atoms with Crippen LogP contribution in [-0.4, -0.2) is 0 Å². The maximum Gasteiger partial charge on any atom is 0.117 e. The summed E-state index contributed by atoms with van der Waals surface area (Å²) in [4.78, 5) is 0. The summed E-state index contributed by atoms with van der Waals surface area (Å²) in [6, 6.07) is 15.1. The fourth-order valence-electron chi connectivity index (χ4n) is 2.52. The van der Waals surface area contributed by atoms with Crippen molar-refractivity contribution >= 4 is 0 Å². The lowest BCUT2D eigenvalue weighted by molar-refractivity contribution is 0.430. The SMILES string of the molecule is CC(NCc1ccc(C2CC2C)o1)c1ccccc1. The van der Waals surface area contributed by atoms with Gasteiger partial charge in [0.2, 0.25) is 0 Å². The van der Waals surface area contributed by atoms with E-state index in [9.17, 15) is 0 Å². The van der Waals surface area contributed by atoms with Crippen LogP contribution in [0.4, 0.5) is 0 Å². The molecule has 1 aromatic heterocycles. The first-order valence-corrected chi connectivity index (χ1v) is 7.11. The summed E-state index contributed by atoms with van der Waals surface area (Å²) in [5.41, 5.74) is 1.31. The maximum absolute atomic E-state index is 5.90. The lowest BCUT2D eigenvalue weighted by atomic mass is 10.1. The molecule has 3 unspecified atom stereocenters. The third-order valence-corrected chi connectivity index (χ3v) is 4.04. The van der Waals surface area contributed by atoms with Crippen molar-refractivity contribution in [2.45, 2.75) is 38.8 Å². The highest BCUT2D eigenvalue weighted by molar-refractivity contribution is 5.19. The Morgan fingerprint density at radius 1 is 1.21 bits per heavy atom. The lowest BCUT2D eigenvalue weighted by Crippen LogP contribution is -2.17. The van der Waals surface area contributed by atoms with Crippen LogP contribution >= 0.6 is 0 Å². The van der Waals surface area contributed by atoms with Crippen LogP contribution in [-0.2, 0) is 6.54 Å². The zero-order chi connectivity index (χ0) is 13.2. The summed E-state index contributed by atoms with van der Waals surface area (Å²) < 4.78 is 5.90. The molecule has 3 atom stereocenters. The molecule has 2 heteroatoms. The van der Waals surface area contributed by atoms with E-state index in [2.05, 4.69) is 55.6 Å². The number of hydrogen-bond acceptors (Lipinski definition) is 2. The molecule has 100 valence electrons. The third kappa shape index (κ3) is 2.90. The van der Waals surface area contributed by atoms with Gasteiger partial charge in [-0.2, -0.15) is 0 Å². The Bertz CT molecular complexity index is 531. The van der Waals surface area contributed by atoms with E-state index in [1.165, 1.54) is 12.0 Å². The minimum atomic E-state index is 0.342. The van der Waals surface area contributed by atoms with Crippen molar-refractivity contribution in [3.8, 4) is 0 Å². The summed E-state index contributed by atoms with van der Waals surface area (Å²) in [6.45, 7) is 5.25. The van der Waals surface area contributed by atoms with Gasteiger partial charge < -0.3 is 9.73 Å². The Hall–Kier alpha value is -1.54. The Balaban J connectivity index is 1.56. The van der Waals surface area contributed by atoms with Crippen molar-refractivity contribution in [2.24, 2.45) is 5.92 Å². The maximum atomic E-state index is 5.90. The van der Waals surface area contributed by atoms with Crippen molar-refractivity contribution in [1.82, 2.24) is 5.32 Å². The van der Waals surface area contributed by atoms with E-state index in [1.54, 1.807) is 0 Å². The molecule has 1 N–H and O–H groups in total. The van der Waals surface area contributed by atoms with Crippen LogP contribution in [0.5, 0.6) is 0 Å². The second-order valence-electron chi connectivity index (χ2n) is 5.64. The van der Waals surface area contributed by atoms with Gasteiger partial charge in [0.15, 0.2) is 0 Å². The van der Waals surface area contributed by atoms with Gasteiger partial charge in [0.25, 0.3) is 0 Å². The van der Waals surface area contributed by atoms with E-state index in [0.717, 1.165) is 24.0 Å². The summed E-state index contributed by atoms with van der Waals surface area (Å²) in [7, 11) is 0. The first-order chi connectivity index (χ1) is 9.24. The van der Waals surface area contributed by atoms with Crippen LogP contribution < -0.4 is 5.32 Å². The second kappa shape index (κ2) is 5.22. The molecular formula is C17H21NO. The summed E-state index contributed by atoms with van der Waals surface area (Å²) in [6.07, 6.45) is 1.28. The Labute approximate surface area is 114 Å². The monoisotopic (exact) mass is 255 g/mol. The van der Waals surface area contributed by atoms with Crippen LogP contribution in [0, 0.1) is 5.92 Å². The van der Waals surface area contributed by atoms with E-state index in [4.69, 9.17) is 4.42 Å². The molecule has 0 saturated heterocycles. The number of furan rings is 1. The predicted octanol–water partition coefficient (Wildman–Crippen LogP) is 4.25. The quantitative estimate of drug-likeness (QED) is 0.863. The first-order valence-electron chi connectivity index (χ1n) is 7.11. The minimum absolute atomic E-state index is 0.342. The first kappa shape index (κ1) is 12.5. The molecule has 1 heterocycles. The highest BCUT2D eigenvalue weighted by Gasteiger charge is 2.36. The van der Waals surface area contributed by atoms with Crippen molar-refractivity contribution in [2.75, 3.05) is 0 Å². The van der Waals surface area contributed by atoms with Gasteiger partial charge in [0.1, 0.15) is 11.5 Å². The zero-order valence-corrected chi connectivity index (χ0v) is 11.6. The largest absolute Gasteiger partial charge is 0.464 e. The lowest BCUT2D eigenvalue weighted by Gasteiger charge is -2.12. The smallest absolute Gasteiger partial charge is 0.117 e. The third-order valence-electron chi connectivity index (χ3n) is 4.04. The van der Waals surface area contributed by atoms with Gasteiger partial charge in [-0.25, -0.2) is 0 Å². The van der Waals surface area contributed by atoms with E-state index in [1.807, 2.05) is 6.07 Å². The molecule has 1 aromatic carbocycles. The van der Waals surface area contributed by atoms with Crippen molar-refractivity contribution in [3.05, 3.63) is 59.5 Å². The molecule has 19 heavy (non-hydrogen) atoms. The van der Waals surface area contributed by atoms with Gasteiger partial charge >= 0.3 is 0 Å². The topological polar surface area (TPSA) is 25.2 Å². The highest BCUT2D eigenvalue weighted by Crippen LogP contribution is 2.47. The van der Waals surface area contributed by atoms with Crippen LogP contribution in [0.2, 0.25) is 0 Å². The van der Waals surface area contributed by atoms with Gasteiger partial charge in [0, 0.05) is 12.0 Å².